The molecule has 0 aliphatic heterocycles. The van der Waals surface area contributed by atoms with Crippen molar-refractivity contribution in [1.29, 1.82) is 0 Å². The first-order valence-corrected chi connectivity index (χ1v) is 5.82. The van der Waals surface area contributed by atoms with Gasteiger partial charge in [0.15, 0.2) is 0 Å². The van der Waals surface area contributed by atoms with E-state index in [9.17, 15) is 4.39 Å². The van der Waals surface area contributed by atoms with E-state index in [0.717, 1.165) is 10.2 Å². The number of aromatic nitrogens is 2. The van der Waals surface area contributed by atoms with Crippen molar-refractivity contribution < 1.29 is 4.39 Å². The van der Waals surface area contributed by atoms with Gasteiger partial charge in [0.05, 0.1) is 15.9 Å². The Balaban J connectivity index is 2.22. The molecule has 0 unspecified atom stereocenters. The van der Waals surface area contributed by atoms with E-state index in [1.54, 1.807) is 24.4 Å². The predicted octanol–water partition coefficient (Wildman–Crippen LogP) is 3.08. The van der Waals surface area contributed by atoms with Gasteiger partial charge in [0.2, 0.25) is 0 Å². The lowest BCUT2D eigenvalue weighted by Crippen LogP contribution is -1.91. The van der Waals surface area contributed by atoms with Crippen LogP contribution in [0.5, 0.6) is 0 Å². The molecule has 84 valence electrons. The predicted molar refractivity (Wildman–Crippen MR) is 67.2 cm³/mol. The standard InChI is InChI=1S/C12H8FN3S/c13-7-3-4-9-10(6-7)17-12(16-9)11-8(14)2-1-5-15-11/h1-6H,14H2. The highest BCUT2D eigenvalue weighted by molar-refractivity contribution is 7.21. The lowest BCUT2D eigenvalue weighted by Gasteiger charge is -1.98. The van der Waals surface area contributed by atoms with Crippen molar-refractivity contribution in [2.24, 2.45) is 0 Å². The second kappa shape index (κ2) is 3.78. The van der Waals surface area contributed by atoms with E-state index in [-0.39, 0.29) is 5.82 Å². The van der Waals surface area contributed by atoms with Gasteiger partial charge < -0.3 is 5.73 Å². The topological polar surface area (TPSA) is 51.8 Å². The fourth-order valence-corrected chi connectivity index (χ4v) is 2.61. The van der Waals surface area contributed by atoms with Crippen LogP contribution in [0.15, 0.2) is 36.5 Å². The molecule has 2 heterocycles. The van der Waals surface area contributed by atoms with Crippen molar-refractivity contribution in [2.45, 2.75) is 0 Å². The molecule has 3 nitrogen and oxygen atoms in total. The number of nitrogens with zero attached hydrogens (tertiary/aromatic N) is 2. The average Bonchev–Trinajstić information content (AvgIpc) is 2.72. The van der Waals surface area contributed by atoms with E-state index in [1.807, 2.05) is 0 Å². The Morgan fingerprint density at radius 1 is 1.24 bits per heavy atom. The molecule has 3 aromatic rings. The molecule has 0 amide bonds. The maximum Gasteiger partial charge on any atom is 0.145 e. The smallest absolute Gasteiger partial charge is 0.145 e. The summed E-state index contributed by atoms with van der Waals surface area (Å²) in [4.78, 5) is 8.59. The maximum atomic E-state index is 13.1. The van der Waals surface area contributed by atoms with Crippen LogP contribution < -0.4 is 5.73 Å². The fraction of sp³-hybridized carbons (Fsp3) is 0. The summed E-state index contributed by atoms with van der Waals surface area (Å²) in [5, 5.41) is 0.712. The zero-order chi connectivity index (χ0) is 11.8. The minimum absolute atomic E-state index is 0.262. The number of fused-ring (bicyclic) bond motifs is 1. The number of thiazole rings is 1. The lowest BCUT2D eigenvalue weighted by molar-refractivity contribution is 0.630. The highest BCUT2D eigenvalue weighted by Gasteiger charge is 2.10. The summed E-state index contributed by atoms with van der Waals surface area (Å²) in [5.74, 6) is -0.262. The molecule has 0 saturated carbocycles. The summed E-state index contributed by atoms with van der Waals surface area (Å²) in [5.41, 5.74) is 7.82. The number of hydrogen-bond donors (Lipinski definition) is 1. The molecule has 0 fully saturated rings. The molecule has 0 radical (unpaired) electrons. The number of benzene rings is 1. The number of pyridine rings is 1. The van der Waals surface area contributed by atoms with Gasteiger partial charge >= 0.3 is 0 Å². The molecule has 0 spiro atoms. The summed E-state index contributed by atoms with van der Waals surface area (Å²) < 4.78 is 13.9. The third-order valence-electron chi connectivity index (χ3n) is 2.39. The fourth-order valence-electron chi connectivity index (χ4n) is 1.60. The Morgan fingerprint density at radius 3 is 2.94 bits per heavy atom. The Hall–Kier alpha value is -2.01. The molecule has 0 aliphatic carbocycles. The van der Waals surface area contributed by atoms with E-state index in [1.165, 1.54) is 23.5 Å². The molecule has 0 saturated heterocycles. The highest BCUT2D eigenvalue weighted by atomic mass is 32.1. The van der Waals surface area contributed by atoms with Gasteiger partial charge in [-0.25, -0.2) is 9.37 Å². The van der Waals surface area contributed by atoms with Crippen molar-refractivity contribution in [3.63, 3.8) is 0 Å². The van der Waals surface area contributed by atoms with Crippen LogP contribution in [0.25, 0.3) is 20.9 Å². The van der Waals surface area contributed by atoms with E-state index in [2.05, 4.69) is 9.97 Å². The van der Waals surface area contributed by atoms with E-state index in [4.69, 9.17) is 5.73 Å². The summed E-state index contributed by atoms with van der Waals surface area (Å²) in [7, 11) is 0. The number of rotatable bonds is 1. The minimum atomic E-state index is -0.262. The Kier molecular flexibility index (Phi) is 2.26. The minimum Gasteiger partial charge on any atom is -0.397 e. The normalized spacial score (nSPS) is 10.9. The maximum absolute atomic E-state index is 13.1. The summed E-state index contributed by atoms with van der Waals surface area (Å²) in [6.07, 6.45) is 1.67. The van der Waals surface area contributed by atoms with E-state index < -0.39 is 0 Å². The van der Waals surface area contributed by atoms with Gasteiger partial charge in [0.25, 0.3) is 0 Å². The molecular formula is C12H8FN3S. The molecule has 3 rings (SSSR count). The van der Waals surface area contributed by atoms with Gasteiger partial charge in [0, 0.05) is 6.20 Å². The van der Waals surface area contributed by atoms with Crippen molar-refractivity contribution in [1.82, 2.24) is 9.97 Å². The Bertz CT molecular complexity index is 693. The molecule has 0 atom stereocenters. The van der Waals surface area contributed by atoms with Crippen LogP contribution in [-0.4, -0.2) is 9.97 Å². The number of hydrogen-bond acceptors (Lipinski definition) is 4. The zero-order valence-corrected chi connectivity index (χ0v) is 9.54. The Labute approximate surface area is 101 Å². The summed E-state index contributed by atoms with van der Waals surface area (Å²) in [6, 6.07) is 8.06. The second-order valence-electron chi connectivity index (χ2n) is 3.57. The first-order chi connectivity index (χ1) is 8.24. The van der Waals surface area contributed by atoms with Crippen LogP contribution in [0.1, 0.15) is 0 Å². The first kappa shape index (κ1) is 10.2. The van der Waals surface area contributed by atoms with Crippen LogP contribution in [0.3, 0.4) is 0 Å². The largest absolute Gasteiger partial charge is 0.397 e. The third-order valence-corrected chi connectivity index (χ3v) is 3.42. The molecule has 5 heteroatoms. The molecule has 0 bridgehead atoms. The quantitative estimate of drug-likeness (QED) is 0.716. The Morgan fingerprint density at radius 2 is 2.12 bits per heavy atom. The highest BCUT2D eigenvalue weighted by Crippen LogP contribution is 2.31. The molecule has 17 heavy (non-hydrogen) atoms. The van der Waals surface area contributed by atoms with Gasteiger partial charge in [-0.05, 0) is 30.3 Å². The van der Waals surface area contributed by atoms with E-state index in [0.29, 0.717) is 16.4 Å². The average molecular weight is 245 g/mol. The molecular weight excluding hydrogens is 237 g/mol. The van der Waals surface area contributed by atoms with Crippen molar-refractivity contribution in [3.05, 3.63) is 42.3 Å². The second-order valence-corrected chi connectivity index (χ2v) is 4.60. The van der Waals surface area contributed by atoms with Gasteiger partial charge in [-0.15, -0.1) is 11.3 Å². The SMILES string of the molecule is Nc1cccnc1-c1nc2ccc(F)cc2s1. The number of nitrogens with two attached hydrogens (primary N) is 1. The lowest BCUT2D eigenvalue weighted by atomic mass is 10.3. The van der Waals surface area contributed by atoms with Crippen LogP contribution >= 0.6 is 11.3 Å². The van der Waals surface area contributed by atoms with Crippen molar-refractivity contribution in [2.75, 3.05) is 5.73 Å². The van der Waals surface area contributed by atoms with Crippen molar-refractivity contribution in [3.8, 4) is 10.7 Å². The molecule has 0 aliphatic rings. The first-order valence-electron chi connectivity index (χ1n) is 5.01. The molecule has 2 aromatic heterocycles. The number of anilines is 1. The molecule has 2 N–H and O–H groups in total. The monoisotopic (exact) mass is 245 g/mol. The third kappa shape index (κ3) is 1.74. The van der Waals surface area contributed by atoms with Crippen molar-refractivity contribution >= 4 is 27.2 Å². The zero-order valence-electron chi connectivity index (χ0n) is 8.72. The summed E-state index contributed by atoms with van der Waals surface area (Å²) in [6.45, 7) is 0. The van der Waals surface area contributed by atoms with E-state index >= 15 is 0 Å². The van der Waals surface area contributed by atoms with Gasteiger partial charge in [-0.1, -0.05) is 0 Å². The van der Waals surface area contributed by atoms with Crippen LogP contribution in [0, 0.1) is 5.82 Å². The van der Waals surface area contributed by atoms with Gasteiger partial charge in [0.1, 0.15) is 16.5 Å². The number of nitrogen functional groups attached to an aromatic ring is 1. The number of halogens is 1. The van der Waals surface area contributed by atoms with Crippen LogP contribution in [0.4, 0.5) is 10.1 Å². The van der Waals surface area contributed by atoms with Crippen LogP contribution in [0.2, 0.25) is 0 Å². The van der Waals surface area contributed by atoms with Gasteiger partial charge in [-0.3, -0.25) is 4.98 Å². The summed E-state index contributed by atoms with van der Waals surface area (Å²) >= 11 is 1.39. The molecule has 1 aromatic carbocycles. The van der Waals surface area contributed by atoms with Gasteiger partial charge in [-0.2, -0.15) is 0 Å². The van der Waals surface area contributed by atoms with Crippen LogP contribution in [-0.2, 0) is 0 Å².